The van der Waals surface area contributed by atoms with Gasteiger partial charge in [-0.05, 0) is 20.0 Å². The van der Waals surface area contributed by atoms with Crippen molar-refractivity contribution in [2.45, 2.75) is 24.9 Å². The Kier molecular flexibility index (Phi) is 4.94. The molecule has 1 unspecified atom stereocenters. The van der Waals surface area contributed by atoms with Crippen LogP contribution < -0.4 is 10.5 Å². The van der Waals surface area contributed by atoms with Crippen LogP contribution in [0.5, 0.6) is 0 Å². The Morgan fingerprint density at radius 2 is 2.05 bits per heavy atom. The minimum atomic E-state index is -3.67. The number of hydrogen-bond acceptors (Lipinski definition) is 5. The zero-order valence-electron chi connectivity index (χ0n) is 12.1. The Bertz CT molecular complexity index is 502. The van der Waals surface area contributed by atoms with Crippen LogP contribution in [-0.2, 0) is 17.1 Å². The zero-order chi connectivity index (χ0) is 14.8. The van der Waals surface area contributed by atoms with Crippen LogP contribution in [0.1, 0.15) is 13.8 Å². The van der Waals surface area contributed by atoms with Gasteiger partial charge in [-0.3, -0.25) is 0 Å². The van der Waals surface area contributed by atoms with Gasteiger partial charge in [-0.2, -0.15) is 0 Å². The number of nitrogens with two attached hydrogens (primary N) is 1. The number of nitrogen functional groups attached to an aromatic ring is 1. The molecule has 1 atom stereocenters. The molecule has 0 radical (unpaired) electrons. The smallest absolute Gasteiger partial charge is 0.260 e. The average molecular weight is 289 g/mol. The summed E-state index contributed by atoms with van der Waals surface area (Å²) in [5.74, 6) is 0.189. The lowest BCUT2D eigenvalue weighted by Crippen LogP contribution is -2.45. The van der Waals surface area contributed by atoms with Crippen LogP contribution in [0.25, 0.3) is 0 Å². The standard InChI is InChI=1S/C11H23N5O2S/c1-8(2)9(6-15(3)4)14-19(17,18)11-10(12)13-7-16(11)5/h7-9,14H,6,12H2,1-5H3. The molecule has 0 bridgehead atoms. The summed E-state index contributed by atoms with van der Waals surface area (Å²) < 4.78 is 28.8. The van der Waals surface area contributed by atoms with Gasteiger partial charge in [0.05, 0.1) is 6.33 Å². The molecule has 0 fully saturated rings. The molecule has 0 aliphatic carbocycles. The van der Waals surface area contributed by atoms with Crippen LogP contribution in [0.4, 0.5) is 5.82 Å². The number of rotatable bonds is 6. The van der Waals surface area contributed by atoms with Crippen molar-refractivity contribution in [1.82, 2.24) is 19.2 Å². The largest absolute Gasteiger partial charge is 0.381 e. The molecule has 0 aliphatic heterocycles. The van der Waals surface area contributed by atoms with Gasteiger partial charge in [-0.25, -0.2) is 18.1 Å². The number of hydrogen-bond donors (Lipinski definition) is 2. The Labute approximate surface area is 114 Å². The minimum Gasteiger partial charge on any atom is -0.381 e. The van der Waals surface area contributed by atoms with Crippen LogP contribution in [0, 0.1) is 5.92 Å². The van der Waals surface area contributed by atoms with E-state index in [9.17, 15) is 8.42 Å². The number of aryl methyl sites for hydroxylation is 1. The quantitative estimate of drug-likeness (QED) is 0.761. The van der Waals surface area contributed by atoms with Gasteiger partial charge >= 0.3 is 0 Å². The molecule has 0 saturated carbocycles. The maximum Gasteiger partial charge on any atom is 0.260 e. The van der Waals surface area contributed by atoms with Crippen molar-refractivity contribution in [3.05, 3.63) is 6.33 Å². The van der Waals surface area contributed by atoms with Gasteiger partial charge in [0.15, 0.2) is 10.8 Å². The van der Waals surface area contributed by atoms with E-state index in [0.717, 1.165) is 0 Å². The molecule has 0 saturated heterocycles. The number of imidazole rings is 1. The van der Waals surface area contributed by atoms with Crippen LogP contribution in [0.15, 0.2) is 11.4 Å². The summed E-state index contributed by atoms with van der Waals surface area (Å²) in [6.45, 7) is 4.57. The summed E-state index contributed by atoms with van der Waals surface area (Å²) in [7, 11) is 1.75. The highest BCUT2D eigenvalue weighted by atomic mass is 32.2. The summed E-state index contributed by atoms with van der Waals surface area (Å²) >= 11 is 0. The molecule has 0 aliphatic rings. The van der Waals surface area contributed by atoms with Gasteiger partial charge in [0.2, 0.25) is 0 Å². The first kappa shape index (κ1) is 15.9. The Morgan fingerprint density at radius 1 is 1.47 bits per heavy atom. The number of sulfonamides is 1. The molecule has 110 valence electrons. The van der Waals surface area contributed by atoms with Gasteiger partial charge < -0.3 is 15.2 Å². The lowest BCUT2D eigenvalue weighted by atomic mass is 10.1. The second-order valence-electron chi connectivity index (χ2n) is 5.28. The fraction of sp³-hybridized carbons (Fsp3) is 0.727. The van der Waals surface area contributed by atoms with Crippen LogP contribution in [0.3, 0.4) is 0 Å². The van der Waals surface area contributed by atoms with E-state index >= 15 is 0 Å². The second kappa shape index (κ2) is 5.89. The summed E-state index contributed by atoms with van der Waals surface area (Å²) in [6.07, 6.45) is 1.39. The Hall–Kier alpha value is -1.12. The number of nitrogens with zero attached hydrogens (tertiary/aromatic N) is 3. The summed E-state index contributed by atoms with van der Waals surface area (Å²) in [5, 5.41) is 0.0110. The monoisotopic (exact) mass is 289 g/mol. The molecule has 0 spiro atoms. The molecule has 1 rings (SSSR count). The van der Waals surface area contributed by atoms with Crippen molar-refractivity contribution in [1.29, 1.82) is 0 Å². The van der Waals surface area contributed by atoms with Crippen molar-refractivity contribution in [2.24, 2.45) is 13.0 Å². The first-order chi connectivity index (χ1) is 8.65. The molecular formula is C11H23N5O2S. The van der Waals surface area contributed by atoms with E-state index in [1.54, 1.807) is 7.05 Å². The Balaban J connectivity index is 3.01. The SMILES string of the molecule is CC(C)C(CN(C)C)NS(=O)(=O)c1c(N)ncn1C. The van der Waals surface area contributed by atoms with Crippen LogP contribution >= 0.6 is 0 Å². The third-order valence-corrected chi connectivity index (χ3v) is 4.46. The topological polar surface area (TPSA) is 93.2 Å². The lowest BCUT2D eigenvalue weighted by molar-refractivity contribution is 0.314. The predicted octanol–water partition coefficient (Wildman–Crippen LogP) is -0.133. The van der Waals surface area contributed by atoms with Crippen molar-refractivity contribution >= 4 is 15.8 Å². The maximum atomic E-state index is 12.4. The fourth-order valence-electron chi connectivity index (χ4n) is 1.80. The molecule has 3 N–H and O–H groups in total. The van der Waals surface area contributed by atoms with Crippen molar-refractivity contribution in [2.75, 3.05) is 26.4 Å². The van der Waals surface area contributed by atoms with E-state index in [1.807, 2.05) is 32.8 Å². The van der Waals surface area contributed by atoms with Gasteiger partial charge in [-0.1, -0.05) is 13.8 Å². The number of aromatic nitrogens is 2. The number of nitrogens with one attached hydrogen (secondary N) is 1. The second-order valence-corrected chi connectivity index (χ2v) is 6.91. The van der Waals surface area contributed by atoms with Gasteiger partial charge in [0.25, 0.3) is 10.0 Å². The molecule has 7 nitrogen and oxygen atoms in total. The Morgan fingerprint density at radius 3 is 2.42 bits per heavy atom. The molecule has 0 amide bonds. The molecule has 0 aromatic carbocycles. The molecule has 1 aromatic heterocycles. The molecular weight excluding hydrogens is 266 g/mol. The van der Waals surface area contributed by atoms with E-state index in [-0.39, 0.29) is 22.8 Å². The summed E-state index contributed by atoms with van der Waals surface area (Å²) in [6, 6.07) is -0.186. The lowest BCUT2D eigenvalue weighted by Gasteiger charge is -2.25. The van der Waals surface area contributed by atoms with E-state index in [2.05, 4.69) is 9.71 Å². The molecule has 8 heteroatoms. The molecule has 1 heterocycles. The van der Waals surface area contributed by atoms with Crippen molar-refractivity contribution < 1.29 is 8.42 Å². The first-order valence-electron chi connectivity index (χ1n) is 6.09. The van der Waals surface area contributed by atoms with Gasteiger partial charge in [0, 0.05) is 19.6 Å². The van der Waals surface area contributed by atoms with Crippen LogP contribution in [-0.4, -0.2) is 49.6 Å². The highest BCUT2D eigenvalue weighted by Crippen LogP contribution is 2.17. The van der Waals surface area contributed by atoms with Gasteiger partial charge in [0.1, 0.15) is 0 Å². The zero-order valence-corrected chi connectivity index (χ0v) is 12.9. The predicted molar refractivity (Wildman–Crippen MR) is 75.1 cm³/mol. The number of likely N-dealkylation sites (N-methyl/N-ethyl adjacent to an activating group) is 1. The van der Waals surface area contributed by atoms with Crippen molar-refractivity contribution in [3.63, 3.8) is 0 Å². The highest BCUT2D eigenvalue weighted by molar-refractivity contribution is 7.89. The molecule has 19 heavy (non-hydrogen) atoms. The average Bonchev–Trinajstić information content (AvgIpc) is 2.56. The molecule has 1 aromatic rings. The van der Waals surface area contributed by atoms with Crippen LogP contribution in [0.2, 0.25) is 0 Å². The summed E-state index contributed by atoms with van der Waals surface area (Å²) in [5.41, 5.74) is 5.62. The van der Waals surface area contributed by atoms with Crippen molar-refractivity contribution in [3.8, 4) is 0 Å². The minimum absolute atomic E-state index is 0.0110. The number of anilines is 1. The van der Waals surface area contributed by atoms with Gasteiger partial charge in [-0.15, -0.1) is 0 Å². The third kappa shape index (κ3) is 3.92. The van der Waals surface area contributed by atoms with E-state index in [1.165, 1.54) is 10.9 Å². The van der Waals surface area contributed by atoms with E-state index in [0.29, 0.717) is 6.54 Å². The van der Waals surface area contributed by atoms with E-state index < -0.39 is 10.0 Å². The third-order valence-electron chi connectivity index (χ3n) is 2.84. The van der Waals surface area contributed by atoms with E-state index in [4.69, 9.17) is 5.73 Å². The summed E-state index contributed by atoms with van der Waals surface area (Å²) in [4.78, 5) is 5.75. The maximum absolute atomic E-state index is 12.4. The normalized spacial score (nSPS) is 14.3. The highest BCUT2D eigenvalue weighted by Gasteiger charge is 2.27. The fourth-order valence-corrected chi connectivity index (χ4v) is 3.41. The first-order valence-corrected chi connectivity index (χ1v) is 7.57.